The zero-order valence-corrected chi connectivity index (χ0v) is 8.78. The summed E-state index contributed by atoms with van der Waals surface area (Å²) in [5.41, 5.74) is 2.01. The Hall–Kier alpha value is -1.35. The SMILES string of the molecule is COCC(=O)N(C)c1ccccc1C. The predicted octanol–water partition coefficient (Wildman–Crippen LogP) is 1.60. The average Bonchev–Trinajstić information content (AvgIpc) is 2.18. The predicted molar refractivity (Wildman–Crippen MR) is 56.5 cm³/mol. The Morgan fingerprint density at radius 3 is 2.64 bits per heavy atom. The van der Waals surface area contributed by atoms with Gasteiger partial charge in [-0.05, 0) is 18.6 Å². The molecule has 0 radical (unpaired) electrons. The number of ether oxygens (including phenoxy) is 1. The van der Waals surface area contributed by atoms with Crippen LogP contribution in [0.4, 0.5) is 5.69 Å². The third-order valence-electron chi connectivity index (χ3n) is 2.12. The molecule has 0 atom stereocenters. The quantitative estimate of drug-likeness (QED) is 0.729. The van der Waals surface area contributed by atoms with E-state index in [-0.39, 0.29) is 12.5 Å². The number of rotatable bonds is 3. The summed E-state index contributed by atoms with van der Waals surface area (Å²) in [4.78, 5) is 13.1. The number of nitrogens with zero attached hydrogens (tertiary/aromatic N) is 1. The Morgan fingerprint density at radius 1 is 1.43 bits per heavy atom. The largest absolute Gasteiger partial charge is 0.375 e. The fraction of sp³-hybridized carbons (Fsp3) is 0.364. The molecule has 1 aromatic carbocycles. The number of likely N-dealkylation sites (N-methyl/N-ethyl adjacent to an activating group) is 1. The van der Waals surface area contributed by atoms with Gasteiger partial charge >= 0.3 is 0 Å². The monoisotopic (exact) mass is 193 g/mol. The van der Waals surface area contributed by atoms with Gasteiger partial charge in [-0.15, -0.1) is 0 Å². The highest BCUT2D eigenvalue weighted by atomic mass is 16.5. The van der Waals surface area contributed by atoms with Gasteiger partial charge in [0.15, 0.2) is 0 Å². The van der Waals surface area contributed by atoms with Crippen molar-refractivity contribution in [1.29, 1.82) is 0 Å². The molecular formula is C11H15NO2. The molecule has 0 saturated carbocycles. The first-order chi connectivity index (χ1) is 6.66. The van der Waals surface area contributed by atoms with Gasteiger partial charge in [-0.2, -0.15) is 0 Å². The molecule has 0 aliphatic carbocycles. The molecule has 76 valence electrons. The molecule has 1 amide bonds. The van der Waals surface area contributed by atoms with Crippen molar-refractivity contribution < 1.29 is 9.53 Å². The molecule has 0 aromatic heterocycles. The Bertz CT molecular complexity index is 323. The van der Waals surface area contributed by atoms with Crippen LogP contribution in [0.3, 0.4) is 0 Å². The van der Waals surface area contributed by atoms with Crippen LogP contribution in [0, 0.1) is 6.92 Å². The Kier molecular flexibility index (Phi) is 3.65. The first-order valence-corrected chi connectivity index (χ1v) is 4.48. The lowest BCUT2D eigenvalue weighted by atomic mass is 10.2. The molecule has 3 nitrogen and oxygen atoms in total. The summed E-state index contributed by atoms with van der Waals surface area (Å²) in [6.45, 7) is 2.09. The minimum Gasteiger partial charge on any atom is -0.375 e. The second kappa shape index (κ2) is 4.77. The first-order valence-electron chi connectivity index (χ1n) is 4.48. The van der Waals surface area contributed by atoms with Gasteiger partial charge in [-0.25, -0.2) is 0 Å². The number of benzene rings is 1. The van der Waals surface area contributed by atoms with Crippen molar-refractivity contribution >= 4 is 11.6 Å². The summed E-state index contributed by atoms with van der Waals surface area (Å²) in [5.74, 6) is -0.0400. The van der Waals surface area contributed by atoms with E-state index in [1.807, 2.05) is 31.2 Å². The molecule has 3 heteroatoms. The molecule has 0 N–H and O–H groups in total. The molecule has 14 heavy (non-hydrogen) atoms. The lowest BCUT2D eigenvalue weighted by molar-refractivity contribution is -0.121. The van der Waals surface area contributed by atoms with Crippen LogP contribution in [-0.2, 0) is 9.53 Å². The van der Waals surface area contributed by atoms with Gasteiger partial charge in [0, 0.05) is 19.8 Å². The third kappa shape index (κ3) is 2.33. The molecule has 0 fully saturated rings. The number of methoxy groups -OCH3 is 1. The zero-order valence-electron chi connectivity index (χ0n) is 8.78. The molecule has 1 rings (SSSR count). The van der Waals surface area contributed by atoms with Crippen molar-refractivity contribution in [3.05, 3.63) is 29.8 Å². The van der Waals surface area contributed by atoms with E-state index in [9.17, 15) is 4.79 Å². The molecule has 0 unspecified atom stereocenters. The highest BCUT2D eigenvalue weighted by molar-refractivity contribution is 5.94. The van der Waals surface area contributed by atoms with E-state index >= 15 is 0 Å². The number of para-hydroxylation sites is 1. The summed E-state index contributed by atoms with van der Waals surface area (Å²) >= 11 is 0. The molecule has 0 aliphatic rings. The van der Waals surface area contributed by atoms with Crippen molar-refractivity contribution in [2.45, 2.75) is 6.92 Å². The highest BCUT2D eigenvalue weighted by Crippen LogP contribution is 2.17. The fourth-order valence-corrected chi connectivity index (χ4v) is 1.29. The van der Waals surface area contributed by atoms with Crippen molar-refractivity contribution in [3.8, 4) is 0 Å². The van der Waals surface area contributed by atoms with Crippen LogP contribution in [0.15, 0.2) is 24.3 Å². The average molecular weight is 193 g/mol. The van der Waals surface area contributed by atoms with Crippen molar-refractivity contribution in [2.75, 3.05) is 25.7 Å². The van der Waals surface area contributed by atoms with Gasteiger partial charge in [0.2, 0.25) is 0 Å². The van der Waals surface area contributed by atoms with Crippen molar-refractivity contribution in [3.63, 3.8) is 0 Å². The Labute approximate surface area is 84.3 Å². The van der Waals surface area contributed by atoms with E-state index in [2.05, 4.69) is 0 Å². The van der Waals surface area contributed by atoms with Gasteiger partial charge in [-0.1, -0.05) is 18.2 Å². The molecular weight excluding hydrogens is 178 g/mol. The number of aryl methyl sites for hydroxylation is 1. The topological polar surface area (TPSA) is 29.5 Å². The summed E-state index contributed by atoms with van der Waals surface area (Å²) in [6, 6.07) is 7.77. The normalized spacial score (nSPS) is 9.93. The number of carbonyl (C=O) groups excluding carboxylic acids is 1. The third-order valence-corrected chi connectivity index (χ3v) is 2.12. The lowest BCUT2D eigenvalue weighted by Gasteiger charge is -2.18. The van der Waals surface area contributed by atoms with Crippen LogP contribution in [0.25, 0.3) is 0 Å². The second-order valence-corrected chi connectivity index (χ2v) is 3.17. The second-order valence-electron chi connectivity index (χ2n) is 3.17. The molecule has 0 spiro atoms. The van der Waals surface area contributed by atoms with E-state index in [4.69, 9.17) is 4.74 Å². The molecule has 1 aromatic rings. The molecule has 0 saturated heterocycles. The maximum Gasteiger partial charge on any atom is 0.252 e. The maximum absolute atomic E-state index is 11.5. The van der Waals surface area contributed by atoms with Crippen LogP contribution in [-0.4, -0.2) is 26.7 Å². The van der Waals surface area contributed by atoms with Gasteiger partial charge in [-0.3, -0.25) is 4.79 Å². The summed E-state index contributed by atoms with van der Waals surface area (Å²) < 4.78 is 4.79. The van der Waals surface area contributed by atoms with E-state index in [0.29, 0.717) is 0 Å². The zero-order chi connectivity index (χ0) is 10.6. The van der Waals surface area contributed by atoms with E-state index in [1.165, 1.54) is 7.11 Å². The van der Waals surface area contributed by atoms with Crippen LogP contribution in [0.5, 0.6) is 0 Å². The maximum atomic E-state index is 11.5. The summed E-state index contributed by atoms with van der Waals surface area (Å²) in [7, 11) is 3.27. The van der Waals surface area contributed by atoms with E-state index < -0.39 is 0 Å². The lowest BCUT2D eigenvalue weighted by Crippen LogP contribution is -2.30. The minimum atomic E-state index is -0.0400. The summed E-state index contributed by atoms with van der Waals surface area (Å²) in [6.07, 6.45) is 0. The van der Waals surface area contributed by atoms with Gasteiger partial charge in [0.1, 0.15) is 6.61 Å². The smallest absolute Gasteiger partial charge is 0.252 e. The van der Waals surface area contributed by atoms with Gasteiger partial charge < -0.3 is 9.64 Å². The van der Waals surface area contributed by atoms with Crippen molar-refractivity contribution in [2.24, 2.45) is 0 Å². The molecule has 0 bridgehead atoms. The molecule has 0 aliphatic heterocycles. The molecule has 0 heterocycles. The number of carbonyl (C=O) groups is 1. The van der Waals surface area contributed by atoms with Gasteiger partial charge in [0.05, 0.1) is 0 Å². The first kappa shape index (κ1) is 10.7. The number of hydrogen-bond acceptors (Lipinski definition) is 2. The summed E-state index contributed by atoms with van der Waals surface area (Å²) in [5, 5.41) is 0. The highest BCUT2D eigenvalue weighted by Gasteiger charge is 2.11. The minimum absolute atomic E-state index is 0.0400. The Morgan fingerprint density at radius 2 is 2.07 bits per heavy atom. The number of amides is 1. The van der Waals surface area contributed by atoms with Crippen LogP contribution in [0.2, 0.25) is 0 Å². The fourth-order valence-electron chi connectivity index (χ4n) is 1.29. The van der Waals surface area contributed by atoms with Crippen LogP contribution in [0.1, 0.15) is 5.56 Å². The van der Waals surface area contributed by atoms with Crippen molar-refractivity contribution in [1.82, 2.24) is 0 Å². The number of hydrogen-bond donors (Lipinski definition) is 0. The number of anilines is 1. The Balaban J connectivity index is 2.84. The van der Waals surface area contributed by atoms with E-state index in [0.717, 1.165) is 11.3 Å². The van der Waals surface area contributed by atoms with E-state index in [1.54, 1.807) is 11.9 Å². The standard InChI is InChI=1S/C11H15NO2/c1-9-6-4-5-7-10(9)12(2)11(13)8-14-3/h4-7H,8H2,1-3H3. The van der Waals surface area contributed by atoms with Gasteiger partial charge in [0.25, 0.3) is 5.91 Å². The van der Waals surface area contributed by atoms with Crippen LogP contribution < -0.4 is 4.90 Å². The van der Waals surface area contributed by atoms with Crippen LogP contribution >= 0.6 is 0 Å².